The first-order chi connectivity index (χ1) is 11.2. The Morgan fingerprint density at radius 3 is 2.33 bits per heavy atom. The third-order valence-electron chi connectivity index (χ3n) is 3.91. The molecule has 6 nitrogen and oxygen atoms in total. The van der Waals surface area contributed by atoms with E-state index in [1.165, 1.54) is 0 Å². The summed E-state index contributed by atoms with van der Waals surface area (Å²) in [6.07, 6.45) is -0.256. The molecule has 1 fully saturated rings. The van der Waals surface area contributed by atoms with Crippen molar-refractivity contribution in [1.29, 1.82) is 0 Å². The summed E-state index contributed by atoms with van der Waals surface area (Å²) in [6.45, 7) is 15.8. The molecule has 0 radical (unpaired) electrons. The van der Waals surface area contributed by atoms with Gasteiger partial charge in [0, 0.05) is 44.0 Å². The summed E-state index contributed by atoms with van der Waals surface area (Å²) in [4.78, 5) is 19.9. The lowest BCUT2D eigenvalue weighted by Gasteiger charge is -2.37. The van der Waals surface area contributed by atoms with E-state index in [4.69, 9.17) is 16.0 Å². The molecule has 0 N–H and O–H groups in total. The van der Waals surface area contributed by atoms with Crippen LogP contribution in [-0.2, 0) is 4.74 Å². The van der Waals surface area contributed by atoms with Gasteiger partial charge in [-0.05, 0) is 38.1 Å². The Morgan fingerprint density at radius 1 is 1.21 bits per heavy atom. The van der Waals surface area contributed by atoms with Crippen LogP contribution in [0.2, 0.25) is 0 Å². The number of carbonyl (C=O) groups is 1. The van der Waals surface area contributed by atoms with Gasteiger partial charge in [0.15, 0.2) is 0 Å². The normalized spacial score (nSPS) is 15.0. The molecule has 0 atom stereocenters. The van der Waals surface area contributed by atoms with E-state index in [1.54, 1.807) is 12.0 Å². The lowest BCUT2D eigenvalue weighted by molar-refractivity contribution is 0.0240. The Morgan fingerprint density at radius 2 is 1.83 bits per heavy atom. The topological polar surface area (TPSA) is 46.4 Å². The van der Waals surface area contributed by atoms with Crippen LogP contribution in [0.15, 0.2) is 12.1 Å². The monoisotopic (exact) mass is 332 g/mol. The first-order valence-corrected chi connectivity index (χ1v) is 8.07. The van der Waals surface area contributed by atoms with Crippen molar-refractivity contribution >= 4 is 17.5 Å². The average Bonchev–Trinajstić information content (AvgIpc) is 2.53. The fourth-order valence-electron chi connectivity index (χ4n) is 2.72. The number of benzene rings is 1. The van der Waals surface area contributed by atoms with Crippen molar-refractivity contribution in [2.24, 2.45) is 0 Å². The van der Waals surface area contributed by atoms with Crippen LogP contribution >= 0.6 is 0 Å². The summed E-state index contributed by atoms with van der Waals surface area (Å²) >= 11 is 0. The fraction of sp³-hybridized carbons (Fsp3) is 0.556. The molecule has 1 aromatic rings. The number of carbonyl (C=O) groups excluding carboxylic acids is 1. The minimum absolute atomic E-state index is 0.256. The second kappa shape index (κ2) is 7.00. The standard InChI is InChI=1S/C18H26N3O3/c1-13-11-14(19-5)16(23-6)12-15(13)20-7-9-21(10-8-20)17(22)24-18(2,3)4/h5,11-12H,7-10H2,1-4,6H3/q+1. The van der Waals surface area contributed by atoms with Crippen LogP contribution in [0.1, 0.15) is 26.3 Å². The summed E-state index contributed by atoms with van der Waals surface area (Å²) in [5.41, 5.74) is 2.31. The number of nitrogens with zero attached hydrogens (tertiary/aromatic N) is 3. The molecular formula is C18H26N3O3+. The molecule has 1 amide bonds. The largest absolute Gasteiger partial charge is 0.489 e. The van der Waals surface area contributed by atoms with E-state index < -0.39 is 5.60 Å². The van der Waals surface area contributed by atoms with Crippen LogP contribution in [0, 0.1) is 13.5 Å². The number of amides is 1. The summed E-state index contributed by atoms with van der Waals surface area (Å²) in [5.74, 6) is 0.646. The fourth-order valence-corrected chi connectivity index (χ4v) is 2.72. The smallest absolute Gasteiger partial charge is 0.410 e. The van der Waals surface area contributed by atoms with E-state index >= 15 is 0 Å². The lowest BCUT2D eigenvalue weighted by Crippen LogP contribution is -2.50. The number of methoxy groups -OCH3 is 1. The van der Waals surface area contributed by atoms with Crippen molar-refractivity contribution in [3.05, 3.63) is 22.5 Å². The quantitative estimate of drug-likeness (QED) is 0.829. The molecule has 2 rings (SSSR count). The van der Waals surface area contributed by atoms with Crippen molar-refractivity contribution in [2.45, 2.75) is 33.3 Å². The van der Waals surface area contributed by atoms with Gasteiger partial charge in [0.1, 0.15) is 5.60 Å². The molecule has 1 aromatic carbocycles. The highest BCUT2D eigenvalue weighted by Crippen LogP contribution is 2.35. The number of hydrogen-bond acceptors (Lipinski definition) is 4. The third-order valence-corrected chi connectivity index (χ3v) is 3.91. The van der Waals surface area contributed by atoms with Gasteiger partial charge in [-0.3, -0.25) is 0 Å². The molecule has 1 saturated heterocycles. The molecular weight excluding hydrogens is 306 g/mol. The van der Waals surface area contributed by atoms with E-state index in [1.807, 2.05) is 39.8 Å². The van der Waals surface area contributed by atoms with Crippen LogP contribution in [0.4, 0.5) is 16.2 Å². The van der Waals surface area contributed by atoms with Crippen LogP contribution in [0.25, 0.3) is 4.85 Å². The minimum Gasteiger partial charge on any atom is -0.489 e. The number of rotatable bonds is 2. The maximum atomic E-state index is 12.1. The number of hydrogen-bond donors (Lipinski definition) is 0. The second-order valence-electron chi connectivity index (χ2n) is 6.89. The zero-order chi connectivity index (χ0) is 17.9. The van der Waals surface area contributed by atoms with Gasteiger partial charge in [-0.1, -0.05) is 0 Å². The molecule has 0 unspecified atom stereocenters. The average molecular weight is 332 g/mol. The van der Waals surface area contributed by atoms with Crippen LogP contribution in [-0.4, -0.2) is 49.9 Å². The highest BCUT2D eigenvalue weighted by Gasteiger charge is 2.27. The number of aryl methyl sites for hydroxylation is 1. The second-order valence-corrected chi connectivity index (χ2v) is 6.89. The molecule has 1 aliphatic heterocycles. The van der Waals surface area contributed by atoms with Gasteiger partial charge in [0.25, 0.3) is 6.57 Å². The first kappa shape index (κ1) is 17.9. The van der Waals surface area contributed by atoms with Gasteiger partial charge in [0.05, 0.1) is 7.11 Å². The molecule has 6 heteroatoms. The van der Waals surface area contributed by atoms with Gasteiger partial charge in [-0.25, -0.2) is 4.79 Å². The highest BCUT2D eigenvalue weighted by molar-refractivity contribution is 5.71. The minimum atomic E-state index is -0.472. The van der Waals surface area contributed by atoms with Gasteiger partial charge < -0.3 is 19.3 Å². The van der Waals surface area contributed by atoms with Crippen molar-refractivity contribution in [2.75, 3.05) is 38.2 Å². The van der Waals surface area contributed by atoms with Gasteiger partial charge in [-0.2, -0.15) is 0 Å². The van der Waals surface area contributed by atoms with Crippen molar-refractivity contribution < 1.29 is 14.3 Å². The molecule has 0 aromatic heterocycles. The number of piperazine rings is 1. The zero-order valence-corrected chi connectivity index (χ0v) is 15.1. The molecule has 130 valence electrons. The van der Waals surface area contributed by atoms with E-state index in [0.717, 1.165) is 24.3 Å². The van der Waals surface area contributed by atoms with E-state index in [0.29, 0.717) is 24.5 Å². The Bertz CT molecular complexity index is 651. The van der Waals surface area contributed by atoms with Gasteiger partial charge in [-0.15, -0.1) is 0 Å². The van der Waals surface area contributed by atoms with Gasteiger partial charge >= 0.3 is 11.8 Å². The number of anilines is 1. The van der Waals surface area contributed by atoms with E-state index in [2.05, 4.69) is 9.74 Å². The Kier molecular flexibility index (Phi) is 5.23. The summed E-state index contributed by atoms with van der Waals surface area (Å²) in [6, 6.07) is 3.86. The molecule has 1 heterocycles. The highest BCUT2D eigenvalue weighted by atomic mass is 16.6. The summed E-state index contributed by atoms with van der Waals surface area (Å²) in [5, 5.41) is 0. The molecule has 0 saturated carbocycles. The van der Waals surface area contributed by atoms with Crippen LogP contribution in [0.3, 0.4) is 0 Å². The predicted molar refractivity (Wildman–Crippen MR) is 95.7 cm³/mol. The zero-order valence-electron chi connectivity index (χ0n) is 15.1. The van der Waals surface area contributed by atoms with Gasteiger partial charge in [0.2, 0.25) is 5.75 Å². The Balaban J connectivity index is 2.07. The van der Waals surface area contributed by atoms with Crippen LogP contribution < -0.4 is 9.64 Å². The van der Waals surface area contributed by atoms with Crippen molar-refractivity contribution in [3.63, 3.8) is 0 Å². The summed E-state index contributed by atoms with van der Waals surface area (Å²) < 4.78 is 10.8. The maximum absolute atomic E-state index is 12.1. The third kappa shape index (κ3) is 4.10. The number of ether oxygens (including phenoxy) is 2. The van der Waals surface area contributed by atoms with Crippen molar-refractivity contribution in [3.8, 4) is 12.3 Å². The molecule has 0 aliphatic carbocycles. The predicted octanol–water partition coefficient (Wildman–Crippen LogP) is 3.65. The Labute approximate surface area is 143 Å². The van der Waals surface area contributed by atoms with Crippen LogP contribution in [0.5, 0.6) is 5.75 Å². The van der Waals surface area contributed by atoms with Crippen molar-refractivity contribution in [1.82, 2.24) is 4.90 Å². The van der Waals surface area contributed by atoms with E-state index in [-0.39, 0.29) is 6.09 Å². The Hall–Kier alpha value is -2.42. The molecule has 1 aliphatic rings. The first-order valence-electron chi connectivity index (χ1n) is 8.07. The summed E-state index contributed by atoms with van der Waals surface area (Å²) in [7, 11) is 1.60. The maximum Gasteiger partial charge on any atom is 0.410 e. The molecule has 0 spiro atoms. The SMILES string of the molecule is C#[N+]c1cc(C)c(N2CCN(C(=O)OC(C)(C)C)CC2)cc1OC. The molecule has 24 heavy (non-hydrogen) atoms. The van der Waals surface area contributed by atoms with E-state index in [9.17, 15) is 4.79 Å². The molecule has 0 bridgehead atoms. The lowest BCUT2D eigenvalue weighted by atomic mass is 10.1.